The van der Waals surface area contributed by atoms with E-state index in [1.54, 1.807) is 34.6 Å². The molecule has 5 nitrogen and oxygen atoms in total. The molecule has 0 radical (unpaired) electrons. The Hall–Kier alpha value is -1.73. The van der Waals surface area contributed by atoms with Gasteiger partial charge >= 0.3 is 0 Å². The fourth-order valence-electron chi connectivity index (χ4n) is 5.03. The van der Waals surface area contributed by atoms with E-state index < -0.39 is 27.6 Å². The Morgan fingerprint density at radius 3 is 2.21 bits per heavy atom. The second-order valence-electron chi connectivity index (χ2n) is 8.24. The van der Waals surface area contributed by atoms with Gasteiger partial charge < -0.3 is 10.2 Å². The van der Waals surface area contributed by atoms with E-state index >= 15 is 0 Å². The van der Waals surface area contributed by atoms with E-state index in [2.05, 4.69) is 0 Å². The molecule has 2 N–H and O–H groups in total. The van der Waals surface area contributed by atoms with Crippen molar-refractivity contribution >= 4 is 10.0 Å². The number of aliphatic hydroxyl groups is 2. The Morgan fingerprint density at radius 2 is 1.57 bits per heavy atom. The van der Waals surface area contributed by atoms with Gasteiger partial charge in [-0.15, -0.1) is 0 Å². The lowest BCUT2D eigenvalue weighted by Crippen LogP contribution is -2.48. The highest BCUT2D eigenvalue weighted by Gasteiger charge is 2.59. The normalized spacial score (nSPS) is 34.0. The summed E-state index contributed by atoms with van der Waals surface area (Å²) in [4.78, 5) is 0.263. The predicted octanol–water partition coefficient (Wildman–Crippen LogP) is 3.10. The Morgan fingerprint density at radius 1 is 0.964 bits per heavy atom. The summed E-state index contributed by atoms with van der Waals surface area (Å²) in [5, 5.41) is 21.3. The molecule has 0 bridgehead atoms. The maximum absolute atomic E-state index is 13.7. The van der Waals surface area contributed by atoms with E-state index in [1.807, 2.05) is 37.3 Å². The minimum Gasteiger partial charge on any atom is -0.390 e. The minimum absolute atomic E-state index is 0.263. The SMILES string of the molecule is C[C@@]12C[C@H](c3ccccc3)N(S(=O)(=O)c3ccccc3)[C@@H]1CCC[C@H](O)[C@@H]2O. The van der Waals surface area contributed by atoms with Gasteiger partial charge in [-0.1, -0.05) is 55.5 Å². The molecule has 0 spiro atoms. The molecule has 0 unspecified atom stereocenters. The van der Waals surface area contributed by atoms with Gasteiger partial charge in [0.25, 0.3) is 0 Å². The van der Waals surface area contributed by atoms with Gasteiger partial charge in [-0.25, -0.2) is 8.42 Å². The number of aliphatic hydroxyl groups excluding tert-OH is 2. The summed E-state index contributed by atoms with van der Waals surface area (Å²) >= 11 is 0. The van der Waals surface area contributed by atoms with Crippen LogP contribution in [0, 0.1) is 5.41 Å². The number of rotatable bonds is 3. The van der Waals surface area contributed by atoms with Crippen molar-refractivity contribution in [1.29, 1.82) is 0 Å². The molecule has 6 heteroatoms. The van der Waals surface area contributed by atoms with Crippen LogP contribution in [-0.4, -0.2) is 41.2 Å². The zero-order valence-electron chi connectivity index (χ0n) is 16.0. The Bertz CT molecular complexity index is 918. The van der Waals surface area contributed by atoms with Gasteiger partial charge in [0, 0.05) is 11.5 Å². The monoisotopic (exact) mass is 401 g/mol. The summed E-state index contributed by atoms with van der Waals surface area (Å²) in [5.74, 6) is 0. The molecule has 1 saturated carbocycles. The van der Waals surface area contributed by atoms with Gasteiger partial charge in [0.2, 0.25) is 10.0 Å². The first kappa shape index (κ1) is 19.6. The molecule has 4 rings (SSSR count). The molecule has 28 heavy (non-hydrogen) atoms. The van der Waals surface area contributed by atoms with Crippen molar-refractivity contribution in [3.05, 3.63) is 66.2 Å². The van der Waals surface area contributed by atoms with Crippen LogP contribution in [0.25, 0.3) is 0 Å². The van der Waals surface area contributed by atoms with Crippen molar-refractivity contribution in [3.8, 4) is 0 Å². The molecule has 1 aliphatic heterocycles. The Labute approximate surface area is 166 Å². The van der Waals surface area contributed by atoms with Crippen LogP contribution in [0.1, 0.15) is 44.2 Å². The maximum Gasteiger partial charge on any atom is 0.243 e. The van der Waals surface area contributed by atoms with Crippen LogP contribution >= 0.6 is 0 Å². The number of hydrogen-bond acceptors (Lipinski definition) is 4. The summed E-state index contributed by atoms with van der Waals surface area (Å²) in [6.07, 6.45) is 0.489. The zero-order valence-corrected chi connectivity index (χ0v) is 16.8. The van der Waals surface area contributed by atoms with Crippen molar-refractivity contribution in [1.82, 2.24) is 4.31 Å². The minimum atomic E-state index is -3.76. The van der Waals surface area contributed by atoms with Crippen LogP contribution in [-0.2, 0) is 10.0 Å². The standard InChI is InChI=1S/C22H27NO4S/c1-22-15-18(16-9-4-2-5-10-16)23(20(22)14-8-13-19(24)21(22)25)28(26,27)17-11-6-3-7-12-17/h2-7,9-12,18-21,24-25H,8,13-15H2,1H3/t18-,19+,20-,21+,22-/m1/s1. The lowest BCUT2D eigenvalue weighted by atomic mass is 9.74. The third-order valence-electron chi connectivity index (χ3n) is 6.53. The van der Waals surface area contributed by atoms with Crippen molar-refractivity contribution < 1.29 is 18.6 Å². The smallest absolute Gasteiger partial charge is 0.243 e. The van der Waals surface area contributed by atoms with Gasteiger partial charge in [0.1, 0.15) is 0 Å². The fraction of sp³-hybridized carbons (Fsp3) is 0.455. The van der Waals surface area contributed by atoms with Crippen molar-refractivity contribution in [2.75, 3.05) is 0 Å². The molecule has 150 valence electrons. The van der Waals surface area contributed by atoms with Crippen molar-refractivity contribution in [2.45, 2.75) is 61.8 Å². The highest BCUT2D eigenvalue weighted by Crippen LogP contribution is 2.55. The van der Waals surface area contributed by atoms with E-state index in [4.69, 9.17) is 0 Å². The number of hydrogen-bond donors (Lipinski definition) is 2. The van der Waals surface area contributed by atoms with Gasteiger partial charge in [0.05, 0.1) is 23.1 Å². The molecule has 5 atom stereocenters. The topological polar surface area (TPSA) is 77.8 Å². The number of nitrogens with zero attached hydrogens (tertiary/aromatic N) is 1. The van der Waals surface area contributed by atoms with E-state index in [0.717, 1.165) is 5.56 Å². The third-order valence-corrected chi connectivity index (χ3v) is 8.46. The van der Waals surface area contributed by atoms with Gasteiger partial charge in [-0.05, 0) is 43.4 Å². The lowest BCUT2D eigenvalue weighted by Gasteiger charge is -2.37. The van der Waals surface area contributed by atoms with E-state index in [0.29, 0.717) is 25.7 Å². The first-order valence-electron chi connectivity index (χ1n) is 9.85. The van der Waals surface area contributed by atoms with Crippen LogP contribution < -0.4 is 0 Å². The van der Waals surface area contributed by atoms with Crippen molar-refractivity contribution in [3.63, 3.8) is 0 Å². The molecule has 0 aromatic heterocycles. The van der Waals surface area contributed by atoms with Gasteiger partial charge in [-0.3, -0.25) is 0 Å². The molecular weight excluding hydrogens is 374 g/mol. The van der Waals surface area contributed by atoms with Crippen LogP contribution in [0.3, 0.4) is 0 Å². The Balaban J connectivity index is 1.86. The largest absolute Gasteiger partial charge is 0.390 e. The first-order chi connectivity index (χ1) is 13.4. The van der Waals surface area contributed by atoms with E-state index in [1.165, 1.54) is 0 Å². The molecule has 2 aliphatic rings. The van der Waals surface area contributed by atoms with Gasteiger partial charge in [-0.2, -0.15) is 4.31 Å². The molecule has 1 saturated heterocycles. The lowest BCUT2D eigenvalue weighted by molar-refractivity contribution is -0.0594. The van der Waals surface area contributed by atoms with E-state index in [-0.39, 0.29) is 17.0 Å². The van der Waals surface area contributed by atoms with Gasteiger partial charge in [0.15, 0.2) is 0 Å². The number of fused-ring (bicyclic) bond motifs is 1. The highest BCUT2D eigenvalue weighted by atomic mass is 32.2. The maximum atomic E-state index is 13.7. The average Bonchev–Trinajstić information content (AvgIpc) is 2.98. The number of sulfonamides is 1. The summed E-state index contributed by atoms with van der Waals surface area (Å²) in [6, 6.07) is 17.4. The van der Waals surface area contributed by atoms with Crippen LogP contribution in [0.15, 0.2) is 65.6 Å². The summed E-state index contributed by atoms with van der Waals surface area (Å²) in [5.41, 5.74) is 0.205. The van der Waals surface area contributed by atoms with E-state index in [9.17, 15) is 18.6 Å². The Kier molecular flexibility index (Phi) is 5.08. The molecule has 2 aromatic carbocycles. The predicted molar refractivity (Wildman–Crippen MR) is 107 cm³/mol. The summed E-state index contributed by atoms with van der Waals surface area (Å²) in [7, 11) is -3.76. The quantitative estimate of drug-likeness (QED) is 0.828. The fourth-order valence-corrected chi connectivity index (χ4v) is 6.99. The third kappa shape index (κ3) is 3.08. The van der Waals surface area contributed by atoms with Crippen LogP contribution in [0.4, 0.5) is 0 Å². The second-order valence-corrected chi connectivity index (χ2v) is 10.1. The number of benzene rings is 2. The summed E-state index contributed by atoms with van der Waals surface area (Å²) < 4.78 is 29.0. The molecule has 1 heterocycles. The van der Waals surface area contributed by atoms with Crippen LogP contribution in [0.2, 0.25) is 0 Å². The van der Waals surface area contributed by atoms with Crippen LogP contribution in [0.5, 0.6) is 0 Å². The highest BCUT2D eigenvalue weighted by molar-refractivity contribution is 7.89. The van der Waals surface area contributed by atoms with Crippen molar-refractivity contribution in [2.24, 2.45) is 5.41 Å². The molecule has 0 amide bonds. The molecular formula is C22H27NO4S. The first-order valence-corrected chi connectivity index (χ1v) is 11.3. The molecule has 1 aliphatic carbocycles. The second kappa shape index (κ2) is 7.26. The summed E-state index contributed by atoms with van der Waals surface area (Å²) in [6.45, 7) is 1.92. The molecule has 2 fully saturated rings. The zero-order chi connectivity index (χ0) is 19.9. The average molecular weight is 402 g/mol. The molecule has 2 aromatic rings.